The first kappa shape index (κ1) is 23.6. The van der Waals surface area contributed by atoms with E-state index in [1.54, 1.807) is 29.2 Å². The van der Waals surface area contributed by atoms with Crippen LogP contribution in [0.1, 0.15) is 28.8 Å². The summed E-state index contributed by atoms with van der Waals surface area (Å²) in [4.78, 5) is 35.3. The van der Waals surface area contributed by atoms with Gasteiger partial charge in [0.15, 0.2) is 11.6 Å². The average Bonchev–Trinajstić information content (AvgIpc) is 3.35. The number of piperazine rings is 1. The third-order valence-electron chi connectivity index (χ3n) is 6.04. The van der Waals surface area contributed by atoms with Gasteiger partial charge in [-0.25, -0.2) is 4.98 Å². The molecule has 0 unspecified atom stereocenters. The van der Waals surface area contributed by atoms with Crippen LogP contribution < -0.4 is 10.5 Å². The highest BCUT2D eigenvalue weighted by Crippen LogP contribution is 2.28. The molecular weight excluding hydrogens is 465 g/mol. The number of anilines is 1. The van der Waals surface area contributed by atoms with Crippen molar-refractivity contribution in [1.82, 2.24) is 19.7 Å². The van der Waals surface area contributed by atoms with Gasteiger partial charge in [-0.05, 0) is 31.0 Å². The van der Waals surface area contributed by atoms with E-state index < -0.39 is 0 Å². The lowest BCUT2D eigenvalue weighted by molar-refractivity contribution is -0.131. The molecular formula is C23H27Cl2N5O3. The lowest BCUT2D eigenvalue weighted by Crippen LogP contribution is -2.51. The van der Waals surface area contributed by atoms with Crippen LogP contribution in [0.15, 0.2) is 30.5 Å². The maximum Gasteiger partial charge on any atom is 0.255 e. The van der Waals surface area contributed by atoms with Gasteiger partial charge in [0.05, 0.1) is 12.1 Å². The molecule has 2 amide bonds. The summed E-state index contributed by atoms with van der Waals surface area (Å²) < 4.78 is 5.79. The number of amides is 2. The largest absolute Gasteiger partial charge is 0.485 e. The molecule has 2 aliphatic rings. The Hall–Kier alpha value is -2.55. The summed E-state index contributed by atoms with van der Waals surface area (Å²) in [7, 11) is 0. The number of likely N-dealkylation sites (tertiary alicyclic amines) is 1. The highest BCUT2D eigenvalue weighted by molar-refractivity contribution is 6.35. The smallest absolute Gasteiger partial charge is 0.255 e. The lowest BCUT2D eigenvalue weighted by Gasteiger charge is -2.35. The van der Waals surface area contributed by atoms with E-state index in [-0.39, 0.29) is 24.2 Å². The average molecular weight is 492 g/mol. The number of halogens is 2. The summed E-state index contributed by atoms with van der Waals surface area (Å²) in [6, 6.07) is 6.81. The Balaban J connectivity index is 1.34. The molecule has 10 heteroatoms. The molecule has 2 aromatic rings. The molecule has 0 saturated carbocycles. The van der Waals surface area contributed by atoms with Gasteiger partial charge < -0.3 is 20.3 Å². The van der Waals surface area contributed by atoms with Crippen molar-refractivity contribution in [3.63, 3.8) is 0 Å². The SMILES string of the molecule is Nc1ncc(C(=O)N2CCN(CC(=O)N3CCCC3)CC2)cc1OCc1c(Cl)cccc1Cl. The molecule has 2 fully saturated rings. The van der Waals surface area contributed by atoms with Gasteiger partial charge in [0.1, 0.15) is 6.61 Å². The first-order valence-corrected chi connectivity index (χ1v) is 11.8. The molecule has 3 heterocycles. The minimum Gasteiger partial charge on any atom is -0.485 e. The number of carbonyl (C=O) groups is 2. The van der Waals surface area contributed by atoms with Crippen molar-refractivity contribution < 1.29 is 14.3 Å². The fraction of sp³-hybridized carbons (Fsp3) is 0.435. The summed E-state index contributed by atoms with van der Waals surface area (Å²) in [5, 5.41) is 0.977. The molecule has 0 aliphatic carbocycles. The Labute approximate surface area is 203 Å². The summed E-state index contributed by atoms with van der Waals surface area (Å²) in [5.41, 5.74) is 6.99. The number of hydrogen-bond donors (Lipinski definition) is 1. The minimum atomic E-state index is -0.145. The zero-order valence-corrected chi connectivity index (χ0v) is 19.8. The van der Waals surface area contributed by atoms with E-state index >= 15 is 0 Å². The molecule has 0 atom stereocenters. The second kappa shape index (κ2) is 10.6. The van der Waals surface area contributed by atoms with Crippen molar-refractivity contribution in [2.24, 2.45) is 0 Å². The summed E-state index contributed by atoms with van der Waals surface area (Å²) in [6.07, 6.45) is 3.62. The number of carbonyl (C=O) groups excluding carboxylic acids is 2. The fourth-order valence-corrected chi connectivity index (χ4v) is 4.56. The van der Waals surface area contributed by atoms with Crippen LogP contribution in [0, 0.1) is 0 Å². The lowest BCUT2D eigenvalue weighted by atomic mass is 10.2. The van der Waals surface area contributed by atoms with Crippen LogP contribution in [0.2, 0.25) is 10.0 Å². The van der Waals surface area contributed by atoms with Gasteiger partial charge in [0.2, 0.25) is 5.91 Å². The first-order chi connectivity index (χ1) is 15.9. The highest BCUT2D eigenvalue weighted by Gasteiger charge is 2.26. The summed E-state index contributed by atoms with van der Waals surface area (Å²) in [5.74, 6) is 0.510. The second-order valence-corrected chi connectivity index (χ2v) is 9.07. The number of nitrogens with zero attached hydrogens (tertiary/aromatic N) is 4. The summed E-state index contributed by atoms with van der Waals surface area (Å²) >= 11 is 12.4. The molecule has 8 nitrogen and oxygen atoms in total. The van der Waals surface area contributed by atoms with E-state index in [4.69, 9.17) is 33.7 Å². The topological polar surface area (TPSA) is 92.0 Å². The van der Waals surface area contributed by atoms with Crippen LogP contribution in [-0.4, -0.2) is 77.3 Å². The van der Waals surface area contributed by atoms with Crippen LogP contribution in [0.4, 0.5) is 5.82 Å². The Morgan fingerprint density at radius 2 is 1.67 bits per heavy atom. The Kier molecular flexibility index (Phi) is 7.57. The molecule has 4 rings (SSSR count). The maximum atomic E-state index is 13.0. The van der Waals surface area contributed by atoms with E-state index in [1.807, 2.05) is 4.90 Å². The third-order valence-corrected chi connectivity index (χ3v) is 6.75. The van der Waals surface area contributed by atoms with E-state index in [0.717, 1.165) is 25.9 Å². The van der Waals surface area contributed by atoms with Crippen molar-refractivity contribution in [2.45, 2.75) is 19.4 Å². The molecule has 1 aromatic carbocycles. The molecule has 0 spiro atoms. The number of ether oxygens (including phenoxy) is 1. The Bertz CT molecular complexity index is 1000. The van der Waals surface area contributed by atoms with E-state index in [0.29, 0.717) is 59.6 Å². The van der Waals surface area contributed by atoms with Gasteiger partial charge >= 0.3 is 0 Å². The van der Waals surface area contributed by atoms with Crippen molar-refractivity contribution in [2.75, 3.05) is 51.5 Å². The number of nitrogen functional groups attached to an aromatic ring is 1. The van der Waals surface area contributed by atoms with Crippen LogP contribution in [-0.2, 0) is 11.4 Å². The Morgan fingerprint density at radius 3 is 2.33 bits per heavy atom. The zero-order valence-electron chi connectivity index (χ0n) is 18.3. The molecule has 2 N–H and O–H groups in total. The van der Waals surface area contributed by atoms with Gasteiger partial charge in [-0.1, -0.05) is 29.3 Å². The van der Waals surface area contributed by atoms with Gasteiger partial charge in [-0.2, -0.15) is 0 Å². The van der Waals surface area contributed by atoms with Crippen molar-refractivity contribution in [3.05, 3.63) is 51.6 Å². The van der Waals surface area contributed by atoms with Crippen LogP contribution in [0.5, 0.6) is 5.75 Å². The van der Waals surface area contributed by atoms with Gasteiger partial charge in [0.25, 0.3) is 5.91 Å². The second-order valence-electron chi connectivity index (χ2n) is 8.25. The number of hydrogen-bond acceptors (Lipinski definition) is 6. The van der Waals surface area contributed by atoms with Crippen molar-refractivity contribution in [1.29, 1.82) is 0 Å². The molecule has 33 heavy (non-hydrogen) atoms. The highest BCUT2D eigenvalue weighted by atomic mass is 35.5. The van der Waals surface area contributed by atoms with Crippen molar-refractivity contribution in [3.8, 4) is 5.75 Å². The molecule has 176 valence electrons. The molecule has 0 bridgehead atoms. The molecule has 2 aliphatic heterocycles. The normalized spacial score (nSPS) is 16.8. The fourth-order valence-electron chi connectivity index (χ4n) is 4.06. The van der Waals surface area contributed by atoms with Crippen LogP contribution in [0.3, 0.4) is 0 Å². The minimum absolute atomic E-state index is 0.103. The quantitative estimate of drug-likeness (QED) is 0.667. The van der Waals surface area contributed by atoms with Gasteiger partial charge in [-0.3, -0.25) is 14.5 Å². The van der Waals surface area contributed by atoms with Crippen LogP contribution >= 0.6 is 23.2 Å². The third kappa shape index (κ3) is 5.69. The molecule has 1 aromatic heterocycles. The first-order valence-electron chi connectivity index (χ1n) is 11.0. The summed E-state index contributed by atoms with van der Waals surface area (Å²) in [6.45, 7) is 4.62. The zero-order chi connectivity index (χ0) is 23.4. The van der Waals surface area contributed by atoms with Gasteiger partial charge in [0, 0.05) is 61.1 Å². The predicted molar refractivity (Wildman–Crippen MR) is 128 cm³/mol. The molecule has 2 saturated heterocycles. The van der Waals surface area contributed by atoms with E-state index in [1.165, 1.54) is 6.20 Å². The predicted octanol–water partition coefficient (Wildman–Crippen LogP) is 2.93. The van der Waals surface area contributed by atoms with E-state index in [2.05, 4.69) is 9.88 Å². The number of pyridine rings is 1. The van der Waals surface area contributed by atoms with E-state index in [9.17, 15) is 9.59 Å². The molecule has 0 radical (unpaired) electrons. The number of benzene rings is 1. The maximum absolute atomic E-state index is 13.0. The monoisotopic (exact) mass is 491 g/mol. The number of rotatable bonds is 6. The Morgan fingerprint density at radius 1 is 1.00 bits per heavy atom. The number of nitrogens with two attached hydrogens (primary N) is 1. The van der Waals surface area contributed by atoms with Gasteiger partial charge in [-0.15, -0.1) is 0 Å². The number of aromatic nitrogens is 1. The van der Waals surface area contributed by atoms with Crippen molar-refractivity contribution >= 4 is 40.8 Å². The standard InChI is InChI=1S/C23H27Cl2N5O3/c24-18-4-3-5-19(25)17(18)15-33-20-12-16(13-27-22(20)26)23(32)30-10-8-28(9-11-30)14-21(31)29-6-1-2-7-29/h3-5,12-13H,1-2,6-11,14-15H2,(H2,26,27). The van der Waals surface area contributed by atoms with Crippen LogP contribution in [0.25, 0.3) is 0 Å².